The van der Waals surface area contributed by atoms with E-state index in [-0.39, 0.29) is 5.75 Å². The van der Waals surface area contributed by atoms with E-state index < -0.39 is 0 Å². The average Bonchev–Trinajstić information content (AvgIpc) is 2.43. The number of nitrogens with one attached hydrogen (secondary N) is 1. The van der Waals surface area contributed by atoms with Crippen molar-refractivity contribution in [2.24, 2.45) is 0 Å². The number of phenolic OH excluding ortho intramolecular Hbond substituents is 1. The summed E-state index contributed by atoms with van der Waals surface area (Å²) in [6.07, 6.45) is 0. The van der Waals surface area contributed by atoms with Crippen molar-refractivity contribution in [2.75, 3.05) is 11.9 Å². The monoisotopic (exact) mass is 433 g/mol. The lowest BCUT2D eigenvalue weighted by Crippen LogP contribution is -2.03. The molecule has 0 aliphatic rings. The van der Waals surface area contributed by atoms with Gasteiger partial charge in [0.1, 0.15) is 5.75 Å². The lowest BCUT2D eigenvalue weighted by molar-refractivity contribution is 0.339. The van der Waals surface area contributed by atoms with Gasteiger partial charge in [-0.25, -0.2) is 0 Å². The quantitative estimate of drug-likeness (QED) is 0.644. The molecule has 2 rings (SSSR count). The first-order valence-corrected chi connectivity index (χ1v) is 8.30. The predicted molar refractivity (Wildman–Crippen MR) is 93.5 cm³/mol. The van der Waals surface area contributed by atoms with Gasteiger partial charge in [-0.2, -0.15) is 0 Å². The summed E-state index contributed by atoms with van der Waals surface area (Å²) >= 11 is 12.9. The van der Waals surface area contributed by atoms with Crippen LogP contribution in [0.4, 0.5) is 5.69 Å². The summed E-state index contributed by atoms with van der Waals surface area (Å²) in [5.41, 5.74) is 1.55. The Labute approximate surface area is 145 Å². The molecule has 0 unspecified atom stereocenters. The van der Waals surface area contributed by atoms with Gasteiger partial charge in [0, 0.05) is 21.6 Å². The Kier molecular flexibility index (Phi) is 5.79. The van der Waals surface area contributed by atoms with Crippen LogP contribution in [-0.4, -0.2) is 11.7 Å². The summed E-state index contributed by atoms with van der Waals surface area (Å²) in [5, 5.41) is 13.7. The molecule has 0 aliphatic carbocycles. The van der Waals surface area contributed by atoms with Gasteiger partial charge >= 0.3 is 0 Å². The molecule has 0 atom stereocenters. The molecule has 0 aromatic heterocycles. The summed E-state index contributed by atoms with van der Waals surface area (Å²) in [4.78, 5) is 0. The van der Waals surface area contributed by atoms with Crippen molar-refractivity contribution in [1.29, 1.82) is 0 Å². The van der Waals surface area contributed by atoms with Gasteiger partial charge in [-0.15, -0.1) is 0 Å². The highest BCUT2D eigenvalue weighted by atomic mass is 79.9. The zero-order valence-corrected chi connectivity index (χ0v) is 15.2. The van der Waals surface area contributed by atoms with E-state index in [1.165, 1.54) is 0 Å². The number of ether oxygens (including phenoxy) is 1. The number of benzene rings is 2. The molecular weight excluding hydrogens is 421 g/mol. The minimum atomic E-state index is 0.241. The van der Waals surface area contributed by atoms with E-state index in [1.54, 1.807) is 24.3 Å². The van der Waals surface area contributed by atoms with Gasteiger partial charge in [-0.3, -0.25) is 0 Å². The van der Waals surface area contributed by atoms with Gasteiger partial charge in [-0.05, 0) is 53.2 Å². The van der Waals surface area contributed by atoms with Crippen molar-refractivity contribution in [2.45, 2.75) is 13.5 Å². The third kappa shape index (κ3) is 4.28. The molecule has 0 saturated heterocycles. The Bertz CT molecular complexity index is 650. The maximum Gasteiger partial charge on any atom is 0.156 e. The zero-order valence-electron chi connectivity index (χ0n) is 11.3. The standard InChI is InChI=1S/C15H14Br2ClNO2/c1-2-21-15-12(17)6-11(18)7-13(15)19-8-9-5-10(16)3-4-14(9)20/h3-7,19-20H,2,8H2,1H3. The van der Waals surface area contributed by atoms with Crippen LogP contribution in [0.25, 0.3) is 0 Å². The predicted octanol–water partition coefficient (Wildman–Crippen LogP) is 5.58. The number of halogens is 3. The zero-order chi connectivity index (χ0) is 15.4. The molecule has 0 aliphatic heterocycles. The Hall–Kier alpha value is -0.910. The van der Waals surface area contributed by atoms with E-state index in [0.717, 1.165) is 20.2 Å². The molecule has 6 heteroatoms. The molecule has 0 bridgehead atoms. The van der Waals surface area contributed by atoms with Gasteiger partial charge in [-0.1, -0.05) is 27.5 Å². The average molecular weight is 436 g/mol. The molecule has 2 N–H and O–H groups in total. The fourth-order valence-electron chi connectivity index (χ4n) is 1.87. The van der Waals surface area contributed by atoms with E-state index in [2.05, 4.69) is 37.2 Å². The summed E-state index contributed by atoms with van der Waals surface area (Å²) < 4.78 is 7.33. The molecule has 2 aromatic carbocycles. The normalized spacial score (nSPS) is 10.5. The Morgan fingerprint density at radius 1 is 1.24 bits per heavy atom. The Morgan fingerprint density at radius 2 is 2.00 bits per heavy atom. The van der Waals surface area contributed by atoms with Crippen LogP contribution in [-0.2, 0) is 6.54 Å². The van der Waals surface area contributed by atoms with Gasteiger partial charge in [0.25, 0.3) is 0 Å². The first-order valence-electron chi connectivity index (χ1n) is 6.34. The van der Waals surface area contributed by atoms with E-state index in [4.69, 9.17) is 16.3 Å². The second-order valence-electron chi connectivity index (χ2n) is 4.32. The van der Waals surface area contributed by atoms with Crippen LogP contribution in [0.3, 0.4) is 0 Å². The van der Waals surface area contributed by atoms with Gasteiger partial charge in [0.05, 0.1) is 16.8 Å². The highest BCUT2D eigenvalue weighted by Crippen LogP contribution is 2.37. The van der Waals surface area contributed by atoms with Crippen molar-refractivity contribution in [3.63, 3.8) is 0 Å². The van der Waals surface area contributed by atoms with Crippen LogP contribution in [0.15, 0.2) is 39.3 Å². The van der Waals surface area contributed by atoms with Crippen LogP contribution in [0.5, 0.6) is 11.5 Å². The Balaban J connectivity index is 2.25. The highest BCUT2D eigenvalue weighted by Gasteiger charge is 2.11. The van der Waals surface area contributed by atoms with Crippen LogP contribution >= 0.6 is 43.5 Å². The van der Waals surface area contributed by atoms with Gasteiger partial charge < -0.3 is 15.2 Å². The molecule has 0 fully saturated rings. The number of aromatic hydroxyl groups is 1. The topological polar surface area (TPSA) is 41.5 Å². The number of hydrogen-bond acceptors (Lipinski definition) is 3. The van der Waals surface area contributed by atoms with E-state index in [0.29, 0.717) is 23.9 Å². The van der Waals surface area contributed by atoms with Crippen molar-refractivity contribution in [1.82, 2.24) is 0 Å². The summed E-state index contributed by atoms with van der Waals surface area (Å²) in [6.45, 7) is 2.93. The van der Waals surface area contributed by atoms with Gasteiger partial charge in [0.15, 0.2) is 5.75 Å². The molecule has 2 aromatic rings. The summed E-state index contributed by atoms with van der Waals surface area (Å²) in [7, 11) is 0. The lowest BCUT2D eigenvalue weighted by Gasteiger charge is -2.15. The van der Waals surface area contributed by atoms with Crippen molar-refractivity contribution >= 4 is 49.1 Å². The second kappa shape index (κ2) is 7.38. The number of rotatable bonds is 5. The van der Waals surface area contributed by atoms with E-state index in [1.807, 2.05) is 13.0 Å². The highest BCUT2D eigenvalue weighted by molar-refractivity contribution is 9.10. The Morgan fingerprint density at radius 3 is 2.71 bits per heavy atom. The fourth-order valence-corrected chi connectivity index (χ4v) is 3.20. The first kappa shape index (κ1) is 16.5. The minimum absolute atomic E-state index is 0.241. The number of hydrogen-bond donors (Lipinski definition) is 2. The smallest absolute Gasteiger partial charge is 0.156 e. The van der Waals surface area contributed by atoms with Crippen LogP contribution in [0, 0.1) is 0 Å². The van der Waals surface area contributed by atoms with Crippen molar-refractivity contribution in [3.8, 4) is 11.5 Å². The third-order valence-electron chi connectivity index (χ3n) is 2.81. The molecule has 3 nitrogen and oxygen atoms in total. The summed E-state index contributed by atoms with van der Waals surface area (Å²) in [5.74, 6) is 0.946. The molecule has 0 amide bonds. The largest absolute Gasteiger partial charge is 0.508 e. The van der Waals surface area contributed by atoms with Crippen molar-refractivity contribution < 1.29 is 9.84 Å². The maximum absolute atomic E-state index is 9.87. The van der Waals surface area contributed by atoms with Crippen LogP contribution in [0.2, 0.25) is 5.02 Å². The number of phenols is 1. The fraction of sp³-hybridized carbons (Fsp3) is 0.200. The third-order valence-corrected chi connectivity index (χ3v) is 4.11. The SMILES string of the molecule is CCOc1c(Br)cc(Cl)cc1NCc1cc(Br)ccc1O. The van der Waals surface area contributed by atoms with Crippen LogP contribution < -0.4 is 10.1 Å². The molecule has 112 valence electrons. The summed E-state index contributed by atoms with van der Waals surface area (Å²) in [6, 6.07) is 8.89. The van der Waals surface area contributed by atoms with E-state index >= 15 is 0 Å². The second-order valence-corrected chi connectivity index (χ2v) is 6.53. The molecule has 0 spiro atoms. The van der Waals surface area contributed by atoms with Crippen LogP contribution in [0.1, 0.15) is 12.5 Å². The van der Waals surface area contributed by atoms with Gasteiger partial charge in [0.2, 0.25) is 0 Å². The number of anilines is 1. The molecule has 0 saturated carbocycles. The maximum atomic E-state index is 9.87. The van der Waals surface area contributed by atoms with E-state index in [9.17, 15) is 5.11 Å². The molecule has 21 heavy (non-hydrogen) atoms. The van der Waals surface area contributed by atoms with Crippen molar-refractivity contribution in [3.05, 3.63) is 49.9 Å². The molecular formula is C15H14Br2ClNO2. The minimum Gasteiger partial charge on any atom is -0.508 e. The lowest BCUT2D eigenvalue weighted by atomic mass is 10.2. The molecule has 0 radical (unpaired) electrons. The first-order chi connectivity index (χ1) is 10.0. The molecule has 0 heterocycles.